The van der Waals surface area contributed by atoms with Crippen molar-refractivity contribution in [1.29, 1.82) is 0 Å². The minimum absolute atomic E-state index is 0.123. The van der Waals surface area contributed by atoms with Crippen LogP contribution >= 0.6 is 0 Å². The van der Waals surface area contributed by atoms with Gasteiger partial charge in [-0.1, -0.05) is 61.2 Å². The largest absolute Gasteiger partial charge is 0.391 e. The molecule has 1 aliphatic rings. The lowest BCUT2D eigenvalue weighted by atomic mass is 9.86. The van der Waals surface area contributed by atoms with Crippen LogP contribution in [-0.2, 0) is 0 Å². The molecule has 31 heavy (non-hydrogen) atoms. The molecule has 2 aromatic carbocycles. The highest BCUT2D eigenvalue weighted by atomic mass is 19.4. The molecule has 0 bridgehead atoms. The second-order valence-corrected chi connectivity index (χ2v) is 7.52. The highest BCUT2D eigenvalue weighted by molar-refractivity contribution is 5.95. The lowest BCUT2D eigenvalue weighted by Gasteiger charge is -2.28. The SMILES string of the molecule is CC(CC1=C(NC(=O)c2ccccc2)CC(O)(C#Cc2ccccc2)C=C1)C(F)(F)F. The highest BCUT2D eigenvalue weighted by Crippen LogP contribution is 2.35. The van der Waals surface area contributed by atoms with E-state index in [9.17, 15) is 23.1 Å². The Balaban J connectivity index is 1.89. The molecule has 0 spiro atoms. The number of halogens is 3. The quantitative estimate of drug-likeness (QED) is 0.678. The van der Waals surface area contributed by atoms with Crippen molar-refractivity contribution < 1.29 is 23.1 Å². The Morgan fingerprint density at radius 2 is 1.74 bits per heavy atom. The molecule has 0 radical (unpaired) electrons. The number of alkyl halides is 3. The van der Waals surface area contributed by atoms with Crippen molar-refractivity contribution in [3.63, 3.8) is 0 Å². The fourth-order valence-electron chi connectivity index (χ4n) is 3.13. The Morgan fingerprint density at radius 3 is 2.35 bits per heavy atom. The van der Waals surface area contributed by atoms with Gasteiger partial charge in [-0.25, -0.2) is 0 Å². The van der Waals surface area contributed by atoms with E-state index >= 15 is 0 Å². The summed E-state index contributed by atoms with van der Waals surface area (Å²) in [6, 6.07) is 17.4. The summed E-state index contributed by atoms with van der Waals surface area (Å²) in [5, 5.41) is 13.6. The molecule has 0 saturated heterocycles. The smallest absolute Gasteiger partial charge is 0.374 e. The van der Waals surface area contributed by atoms with Gasteiger partial charge in [0.05, 0.1) is 5.92 Å². The van der Waals surface area contributed by atoms with Crippen LogP contribution in [0, 0.1) is 17.8 Å². The van der Waals surface area contributed by atoms with E-state index < -0.39 is 23.6 Å². The zero-order valence-corrected chi connectivity index (χ0v) is 16.9. The predicted molar refractivity (Wildman–Crippen MR) is 113 cm³/mol. The first-order valence-electron chi connectivity index (χ1n) is 9.81. The number of amides is 1. The van der Waals surface area contributed by atoms with E-state index in [2.05, 4.69) is 17.2 Å². The van der Waals surface area contributed by atoms with Gasteiger partial charge in [-0.2, -0.15) is 13.2 Å². The zero-order chi connectivity index (χ0) is 22.5. The summed E-state index contributed by atoms with van der Waals surface area (Å²) in [5.41, 5.74) is 0.00378. The molecule has 0 fully saturated rings. The van der Waals surface area contributed by atoms with Gasteiger partial charge in [0, 0.05) is 23.2 Å². The molecule has 0 aliphatic heterocycles. The van der Waals surface area contributed by atoms with Gasteiger partial charge >= 0.3 is 6.18 Å². The van der Waals surface area contributed by atoms with Gasteiger partial charge in [-0.3, -0.25) is 4.79 Å². The van der Waals surface area contributed by atoms with Gasteiger partial charge in [-0.15, -0.1) is 0 Å². The van der Waals surface area contributed by atoms with Gasteiger partial charge < -0.3 is 10.4 Å². The van der Waals surface area contributed by atoms with Crippen LogP contribution in [0.25, 0.3) is 0 Å². The van der Waals surface area contributed by atoms with Gasteiger partial charge in [-0.05, 0) is 42.3 Å². The normalized spacial score (nSPS) is 19.4. The Kier molecular flexibility index (Phi) is 6.67. The second kappa shape index (κ2) is 9.23. The zero-order valence-electron chi connectivity index (χ0n) is 16.9. The first-order valence-corrected chi connectivity index (χ1v) is 9.81. The molecule has 2 N–H and O–H groups in total. The molecule has 3 rings (SSSR count). The fraction of sp³-hybridized carbons (Fsp3) is 0.240. The Morgan fingerprint density at radius 1 is 1.13 bits per heavy atom. The molecule has 2 unspecified atom stereocenters. The topological polar surface area (TPSA) is 49.3 Å². The molecule has 6 heteroatoms. The maximum atomic E-state index is 13.1. The number of hydrogen-bond donors (Lipinski definition) is 2. The third-order valence-electron chi connectivity index (χ3n) is 4.98. The molecule has 0 heterocycles. The molecular formula is C25H22F3NO2. The molecule has 0 aromatic heterocycles. The predicted octanol–water partition coefficient (Wildman–Crippen LogP) is 5.00. The van der Waals surface area contributed by atoms with Crippen LogP contribution in [-0.4, -0.2) is 22.8 Å². The van der Waals surface area contributed by atoms with Gasteiger partial charge in [0.2, 0.25) is 0 Å². The summed E-state index contributed by atoms with van der Waals surface area (Å²) in [6.07, 6.45) is -1.99. The van der Waals surface area contributed by atoms with Crippen molar-refractivity contribution in [2.75, 3.05) is 0 Å². The maximum Gasteiger partial charge on any atom is 0.391 e. The monoisotopic (exact) mass is 425 g/mol. The summed E-state index contributed by atoms with van der Waals surface area (Å²) < 4.78 is 39.3. The minimum atomic E-state index is -4.36. The van der Waals surface area contributed by atoms with E-state index in [0.717, 1.165) is 6.92 Å². The number of aliphatic hydroxyl groups is 1. The lowest BCUT2D eigenvalue weighted by molar-refractivity contribution is -0.168. The third kappa shape index (κ3) is 6.09. The van der Waals surface area contributed by atoms with E-state index in [1.165, 1.54) is 12.2 Å². The van der Waals surface area contributed by atoms with Crippen LogP contribution < -0.4 is 5.32 Å². The summed E-state index contributed by atoms with van der Waals surface area (Å²) in [5.74, 6) is 3.59. The van der Waals surface area contributed by atoms with E-state index in [1.54, 1.807) is 42.5 Å². The van der Waals surface area contributed by atoms with Crippen LogP contribution in [0.2, 0.25) is 0 Å². The standard InChI is InChI=1S/C25H22F3NO2/c1-18(25(26,27)28)16-21-13-15-24(31,14-12-19-8-4-2-5-9-19)17-22(21)29-23(30)20-10-6-3-7-11-20/h2-11,13,15,18,31H,16-17H2,1H3,(H,29,30). The number of hydrogen-bond acceptors (Lipinski definition) is 2. The number of carbonyl (C=O) groups is 1. The van der Waals surface area contributed by atoms with E-state index in [1.807, 2.05) is 18.2 Å². The van der Waals surface area contributed by atoms with Crippen molar-refractivity contribution in [1.82, 2.24) is 5.32 Å². The van der Waals surface area contributed by atoms with Crippen molar-refractivity contribution in [3.05, 3.63) is 95.2 Å². The minimum Gasteiger partial charge on any atom is -0.374 e. The van der Waals surface area contributed by atoms with Gasteiger partial charge in [0.15, 0.2) is 0 Å². The molecule has 2 aromatic rings. The number of allylic oxidation sites excluding steroid dienone is 2. The maximum absolute atomic E-state index is 13.1. The summed E-state index contributed by atoms with van der Waals surface area (Å²) in [4.78, 5) is 12.6. The van der Waals surface area contributed by atoms with Crippen molar-refractivity contribution >= 4 is 5.91 Å². The van der Waals surface area contributed by atoms with Crippen LogP contribution in [0.5, 0.6) is 0 Å². The molecule has 2 atom stereocenters. The van der Waals surface area contributed by atoms with Crippen LogP contribution in [0.4, 0.5) is 13.2 Å². The lowest BCUT2D eigenvalue weighted by Crippen LogP contribution is -2.35. The van der Waals surface area contributed by atoms with Crippen molar-refractivity contribution in [2.24, 2.45) is 5.92 Å². The second-order valence-electron chi connectivity index (χ2n) is 7.52. The molecule has 3 nitrogen and oxygen atoms in total. The number of benzene rings is 2. The van der Waals surface area contributed by atoms with Gasteiger partial charge in [0.1, 0.15) is 5.60 Å². The van der Waals surface area contributed by atoms with Gasteiger partial charge in [0.25, 0.3) is 5.91 Å². The Labute approximate surface area is 179 Å². The summed E-state index contributed by atoms with van der Waals surface area (Å²) in [6.45, 7) is 1.09. The van der Waals surface area contributed by atoms with E-state index in [0.29, 0.717) is 16.7 Å². The average Bonchev–Trinajstić information content (AvgIpc) is 2.75. The molecule has 1 aliphatic carbocycles. The first-order chi connectivity index (χ1) is 14.7. The van der Waals surface area contributed by atoms with Crippen molar-refractivity contribution in [3.8, 4) is 11.8 Å². The number of nitrogens with one attached hydrogen (secondary N) is 1. The average molecular weight is 425 g/mol. The number of rotatable bonds is 4. The summed E-state index contributed by atoms with van der Waals surface area (Å²) >= 11 is 0. The van der Waals surface area contributed by atoms with E-state index in [-0.39, 0.29) is 18.5 Å². The fourth-order valence-corrected chi connectivity index (χ4v) is 3.13. The third-order valence-corrected chi connectivity index (χ3v) is 4.98. The molecular weight excluding hydrogens is 403 g/mol. The highest BCUT2D eigenvalue weighted by Gasteiger charge is 2.38. The first kappa shape index (κ1) is 22.4. The van der Waals surface area contributed by atoms with Crippen LogP contribution in [0.15, 0.2) is 84.1 Å². The number of carbonyl (C=O) groups excluding carboxylic acids is 1. The summed E-state index contributed by atoms with van der Waals surface area (Å²) in [7, 11) is 0. The van der Waals surface area contributed by atoms with Crippen molar-refractivity contribution in [2.45, 2.75) is 31.5 Å². The molecule has 1 amide bonds. The van der Waals surface area contributed by atoms with Crippen LogP contribution in [0.3, 0.4) is 0 Å². The molecule has 160 valence electrons. The Hall–Kier alpha value is -3.30. The Bertz CT molecular complexity index is 1050. The van der Waals surface area contributed by atoms with Crippen LogP contribution in [0.1, 0.15) is 35.7 Å². The van der Waals surface area contributed by atoms with E-state index in [4.69, 9.17) is 0 Å². The molecule has 0 saturated carbocycles.